The summed E-state index contributed by atoms with van der Waals surface area (Å²) in [4.78, 5) is 8.33. The Kier molecular flexibility index (Phi) is 2.95. The van der Waals surface area contributed by atoms with Crippen molar-refractivity contribution in [2.45, 2.75) is 13.8 Å². The van der Waals surface area contributed by atoms with Crippen molar-refractivity contribution in [3.63, 3.8) is 0 Å². The summed E-state index contributed by atoms with van der Waals surface area (Å²) in [6, 6.07) is 4.07. The number of rotatable bonds is 2. The lowest BCUT2D eigenvalue weighted by atomic mass is 10.0. The lowest BCUT2D eigenvalue weighted by molar-refractivity contribution is 0.415. The first-order valence-electron chi connectivity index (χ1n) is 5.35. The molecule has 0 saturated carbocycles. The van der Waals surface area contributed by atoms with Gasteiger partial charge in [-0.25, -0.2) is 4.98 Å². The third kappa shape index (κ3) is 2.20. The Balaban J connectivity index is 2.66. The number of aromatic nitrogens is 2. The molecule has 0 unspecified atom stereocenters. The quantitative estimate of drug-likeness (QED) is 0.858. The minimum Gasteiger partial charge on any atom is -0.496 e. The van der Waals surface area contributed by atoms with Crippen LogP contribution in [0.3, 0.4) is 0 Å². The number of hydrogen-bond acceptors (Lipinski definition) is 4. The fraction of sp³-hybridized carbons (Fsp3) is 0.231. The summed E-state index contributed by atoms with van der Waals surface area (Å²) >= 11 is 0. The maximum Gasteiger partial charge on any atom is 0.142 e. The zero-order valence-electron chi connectivity index (χ0n) is 10.2. The van der Waals surface area contributed by atoms with Crippen LogP contribution in [0.15, 0.2) is 24.5 Å². The second-order valence-corrected chi connectivity index (χ2v) is 3.99. The number of hydrogen-bond donors (Lipinski definition) is 1. The van der Waals surface area contributed by atoms with Crippen LogP contribution >= 0.6 is 0 Å². The lowest BCUT2D eigenvalue weighted by Gasteiger charge is -2.12. The van der Waals surface area contributed by atoms with Crippen LogP contribution in [0.2, 0.25) is 0 Å². The summed E-state index contributed by atoms with van der Waals surface area (Å²) in [6.45, 7) is 4.06. The van der Waals surface area contributed by atoms with Gasteiger partial charge < -0.3 is 10.5 Å². The van der Waals surface area contributed by atoms with Gasteiger partial charge in [0.1, 0.15) is 11.6 Å². The van der Waals surface area contributed by atoms with Gasteiger partial charge in [0.25, 0.3) is 0 Å². The van der Waals surface area contributed by atoms with Crippen LogP contribution < -0.4 is 10.5 Å². The summed E-state index contributed by atoms with van der Waals surface area (Å²) in [5.74, 6) is 1.20. The molecule has 4 nitrogen and oxygen atoms in total. The van der Waals surface area contributed by atoms with E-state index in [1.165, 1.54) is 6.20 Å². The van der Waals surface area contributed by atoms with Gasteiger partial charge in [-0.2, -0.15) is 0 Å². The molecule has 0 radical (unpaired) electrons. The average molecular weight is 229 g/mol. The molecule has 0 spiro atoms. The number of methoxy groups -OCH3 is 1. The van der Waals surface area contributed by atoms with Crippen LogP contribution in [0, 0.1) is 13.8 Å². The van der Waals surface area contributed by atoms with E-state index in [1.54, 1.807) is 13.3 Å². The van der Waals surface area contributed by atoms with E-state index in [0.29, 0.717) is 5.82 Å². The van der Waals surface area contributed by atoms with Crippen molar-refractivity contribution in [3.8, 4) is 17.0 Å². The van der Waals surface area contributed by atoms with Crippen LogP contribution in [0.4, 0.5) is 5.82 Å². The number of aryl methyl sites for hydroxylation is 2. The van der Waals surface area contributed by atoms with E-state index in [2.05, 4.69) is 16.0 Å². The van der Waals surface area contributed by atoms with Crippen molar-refractivity contribution in [2.24, 2.45) is 0 Å². The molecular formula is C13H15N3O. The third-order valence-electron chi connectivity index (χ3n) is 2.57. The molecule has 1 aromatic heterocycles. The van der Waals surface area contributed by atoms with Crippen molar-refractivity contribution < 1.29 is 4.74 Å². The number of anilines is 1. The van der Waals surface area contributed by atoms with Gasteiger partial charge >= 0.3 is 0 Å². The van der Waals surface area contributed by atoms with E-state index in [-0.39, 0.29) is 0 Å². The van der Waals surface area contributed by atoms with Gasteiger partial charge in [0.2, 0.25) is 0 Å². The molecule has 0 aliphatic heterocycles. The topological polar surface area (TPSA) is 61.0 Å². The van der Waals surface area contributed by atoms with Gasteiger partial charge in [0.05, 0.1) is 25.2 Å². The molecule has 0 aliphatic carbocycles. The maximum atomic E-state index is 5.65. The Morgan fingerprint density at radius 2 is 1.94 bits per heavy atom. The number of nitrogens with zero attached hydrogens (tertiary/aromatic N) is 2. The Hall–Kier alpha value is -2.10. The molecule has 2 aromatic rings. The number of benzene rings is 1. The predicted octanol–water partition coefficient (Wildman–Crippen LogP) is 2.35. The molecule has 2 rings (SSSR count). The lowest BCUT2D eigenvalue weighted by Crippen LogP contribution is -1.98. The monoisotopic (exact) mass is 229 g/mol. The van der Waals surface area contributed by atoms with Crippen molar-refractivity contribution in [1.29, 1.82) is 0 Å². The Morgan fingerprint density at radius 3 is 2.59 bits per heavy atom. The highest BCUT2D eigenvalue weighted by molar-refractivity contribution is 5.71. The van der Waals surface area contributed by atoms with Crippen LogP contribution in [0.5, 0.6) is 5.75 Å². The SMILES string of the molecule is COc1cc(C)cc(C)c1-c1cncc(N)n1. The average Bonchev–Trinajstić information content (AvgIpc) is 2.27. The minimum atomic E-state index is 0.407. The number of nitrogens with two attached hydrogens (primary N) is 1. The van der Waals surface area contributed by atoms with E-state index in [0.717, 1.165) is 28.1 Å². The zero-order chi connectivity index (χ0) is 12.4. The van der Waals surface area contributed by atoms with Crippen LogP contribution in [0.1, 0.15) is 11.1 Å². The standard InChI is InChI=1S/C13H15N3O/c1-8-4-9(2)13(11(5-8)17-3)10-6-15-7-12(14)16-10/h4-7H,1-3H3,(H2,14,16). The first-order valence-corrected chi connectivity index (χ1v) is 5.35. The second-order valence-electron chi connectivity index (χ2n) is 3.99. The predicted molar refractivity (Wildman–Crippen MR) is 67.9 cm³/mol. The van der Waals surface area contributed by atoms with Gasteiger partial charge in [-0.15, -0.1) is 0 Å². The van der Waals surface area contributed by atoms with Crippen molar-refractivity contribution in [2.75, 3.05) is 12.8 Å². The molecular weight excluding hydrogens is 214 g/mol. The van der Waals surface area contributed by atoms with Gasteiger partial charge in [-0.05, 0) is 31.0 Å². The highest BCUT2D eigenvalue weighted by Gasteiger charge is 2.11. The van der Waals surface area contributed by atoms with Crippen LogP contribution in [-0.4, -0.2) is 17.1 Å². The second kappa shape index (κ2) is 4.41. The van der Waals surface area contributed by atoms with Crippen LogP contribution in [-0.2, 0) is 0 Å². The molecule has 17 heavy (non-hydrogen) atoms. The first-order chi connectivity index (χ1) is 8.11. The fourth-order valence-electron chi connectivity index (χ4n) is 1.92. The molecule has 1 aromatic carbocycles. The minimum absolute atomic E-state index is 0.407. The Labute approximate surface area is 100 Å². The first kappa shape index (κ1) is 11.4. The zero-order valence-corrected chi connectivity index (χ0v) is 10.2. The van der Waals surface area contributed by atoms with Crippen molar-refractivity contribution >= 4 is 5.82 Å². The number of nitrogen functional groups attached to an aromatic ring is 1. The molecule has 88 valence electrons. The smallest absolute Gasteiger partial charge is 0.142 e. The van der Waals surface area contributed by atoms with E-state index in [4.69, 9.17) is 10.5 Å². The molecule has 0 atom stereocenters. The van der Waals surface area contributed by atoms with E-state index >= 15 is 0 Å². The maximum absolute atomic E-state index is 5.65. The molecule has 0 saturated heterocycles. The van der Waals surface area contributed by atoms with Gasteiger partial charge in [0.15, 0.2) is 0 Å². The Morgan fingerprint density at radius 1 is 1.18 bits per heavy atom. The fourth-order valence-corrected chi connectivity index (χ4v) is 1.92. The molecule has 0 aliphatic rings. The van der Waals surface area contributed by atoms with E-state index < -0.39 is 0 Å². The summed E-state index contributed by atoms with van der Waals surface area (Å²) in [6.07, 6.45) is 3.22. The third-order valence-corrected chi connectivity index (χ3v) is 2.57. The molecule has 0 fully saturated rings. The molecule has 4 heteroatoms. The van der Waals surface area contributed by atoms with Gasteiger partial charge in [-0.3, -0.25) is 4.98 Å². The summed E-state index contributed by atoms with van der Waals surface area (Å²) in [5, 5.41) is 0. The molecule has 0 amide bonds. The molecule has 2 N–H and O–H groups in total. The highest BCUT2D eigenvalue weighted by Crippen LogP contribution is 2.32. The van der Waals surface area contributed by atoms with Crippen LogP contribution in [0.25, 0.3) is 11.3 Å². The van der Waals surface area contributed by atoms with E-state index in [1.807, 2.05) is 19.9 Å². The Bertz CT molecular complexity index is 552. The summed E-state index contributed by atoms with van der Waals surface area (Å²) < 4.78 is 5.39. The van der Waals surface area contributed by atoms with Crippen molar-refractivity contribution in [1.82, 2.24) is 9.97 Å². The number of ether oxygens (including phenoxy) is 1. The largest absolute Gasteiger partial charge is 0.496 e. The molecule has 0 bridgehead atoms. The van der Waals surface area contributed by atoms with E-state index in [9.17, 15) is 0 Å². The van der Waals surface area contributed by atoms with Crippen molar-refractivity contribution in [3.05, 3.63) is 35.7 Å². The highest BCUT2D eigenvalue weighted by atomic mass is 16.5. The molecule has 1 heterocycles. The normalized spacial score (nSPS) is 10.3. The van der Waals surface area contributed by atoms with Gasteiger partial charge in [0, 0.05) is 5.56 Å². The van der Waals surface area contributed by atoms with Gasteiger partial charge in [-0.1, -0.05) is 6.07 Å². The summed E-state index contributed by atoms with van der Waals surface area (Å²) in [7, 11) is 1.65. The summed E-state index contributed by atoms with van der Waals surface area (Å²) in [5.41, 5.74) is 9.58.